The van der Waals surface area contributed by atoms with E-state index in [1.807, 2.05) is 0 Å². The molecule has 0 saturated carbocycles. The Bertz CT molecular complexity index is 761. The van der Waals surface area contributed by atoms with Gasteiger partial charge in [0, 0.05) is 43.1 Å². The molecular weight excluding hydrogens is 363 g/mol. The summed E-state index contributed by atoms with van der Waals surface area (Å²) in [6.07, 6.45) is 0. The van der Waals surface area contributed by atoms with E-state index in [9.17, 15) is 9.18 Å². The first-order valence-corrected chi connectivity index (χ1v) is 9.25. The van der Waals surface area contributed by atoms with Crippen molar-refractivity contribution in [1.82, 2.24) is 14.3 Å². The molecule has 134 valence electrons. The minimum atomic E-state index is -0.584. The maximum absolute atomic E-state index is 14.0. The molecule has 1 amide bonds. The van der Waals surface area contributed by atoms with Crippen LogP contribution in [0.3, 0.4) is 0 Å². The molecule has 0 radical (unpaired) electrons. The van der Waals surface area contributed by atoms with Crippen LogP contribution in [0.2, 0.25) is 5.02 Å². The molecule has 0 unspecified atom stereocenters. The van der Waals surface area contributed by atoms with Gasteiger partial charge in [0.05, 0.1) is 10.6 Å². The first-order chi connectivity index (χ1) is 11.8. The fourth-order valence-corrected chi connectivity index (χ4v) is 3.76. The molecule has 1 aliphatic heterocycles. The van der Waals surface area contributed by atoms with Gasteiger partial charge in [0.15, 0.2) is 0 Å². The lowest BCUT2D eigenvalue weighted by molar-refractivity contribution is 0.0742. The van der Waals surface area contributed by atoms with Gasteiger partial charge in [-0.1, -0.05) is 38.4 Å². The molecule has 0 bridgehead atoms. The van der Waals surface area contributed by atoms with Gasteiger partial charge in [-0.25, -0.2) is 9.37 Å². The summed E-state index contributed by atoms with van der Waals surface area (Å²) in [6.45, 7) is 8.49. The van der Waals surface area contributed by atoms with Crippen LogP contribution in [-0.2, 0) is 5.41 Å². The molecule has 1 fully saturated rings. The number of nitrogens with zero attached hydrogens (tertiary/aromatic N) is 4. The Balaban J connectivity index is 1.68. The topological polar surface area (TPSA) is 49.3 Å². The third kappa shape index (κ3) is 3.77. The second-order valence-electron chi connectivity index (χ2n) is 7.03. The summed E-state index contributed by atoms with van der Waals surface area (Å²) in [5.74, 6) is -0.126. The predicted molar refractivity (Wildman–Crippen MR) is 98.1 cm³/mol. The van der Waals surface area contributed by atoms with Gasteiger partial charge in [-0.05, 0) is 12.1 Å². The molecule has 0 atom stereocenters. The van der Waals surface area contributed by atoms with E-state index in [1.54, 1.807) is 4.90 Å². The highest BCUT2D eigenvalue weighted by Crippen LogP contribution is 2.27. The monoisotopic (exact) mass is 382 g/mol. The molecule has 0 aliphatic carbocycles. The lowest BCUT2D eigenvalue weighted by Gasteiger charge is -2.34. The van der Waals surface area contributed by atoms with Gasteiger partial charge < -0.3 is 9.80 Å². The standard InChI is InChI=1S/C17H20ClFN4OS/c1-17(2,3)15-20-16(25-21-15)23-9-7-22(8-10-23)14(24)13-11(18)5-4-6-12(13)19/h4-6H,7-10H2,1-3H3. The number of amides is 1. The molecule has 5 nitrogen and oxygen atoms in total. The molecule has 1 aromatic heterocycles. The fraction of sp³-hybridized carbons (Fsp3) is 0.471. The Kier molecular flexibility index (Phi) is 4.97. The predicted octanol–water partition coefficient (Wildman–Crippen LogP) is 3.59. The number of hydrogen-bond donors (Lipinski definition) is 0. The first-order valence-electron chi connectivity index (χ1n) is 8.10. The molecule has 0 N–H and O–H groups in total. The van der Waals surface area contributed by atoms with Crippen molar-refractivity contribution in [3.63, 3.8) is 0 Å². The van der Waals surface area contributed by atoms with Crippen LogP contribution >= 0.6 is 23.1 Å². The van der Waals surface area contributed by atoms with Crippen molar-refractivity contribution in [2.75, 3.05) is 31.1 Å². The van der Waals surface area contributed by atoms with E-state index in [1.165, 1.54) is 29.7 Å². The van der Waals surface area contributed by atoms with Crippen LogP contribution in [0, 0.1) is 5.82 Å². The molecule has 8 heteroatoms. The summed E-state index contributed by atoms with van der Waals surface area (Å²) in [5.41, 5.74) is -0.141. The Morgan fingerprint density at radius 2 is 1.92 bits per heavy atom. The van der Waals surface area contributed by atoms with Crippen LogP contribution in [0.5, 0.6) is 0 Å². The van der Waals surface area contributed by atoms with Gasteiger partial charge in [-0.15, -0.1) is 0 Å². The van der Waals surface area contributed by atoms with Crippen LogP contribution in [-0.4, -0.2) is 46.3 Å². The molecule has 2 heterocycles. The Morgan fingerprint density at radius 1 is 1.24 bits per heavy atom. The van der Waals surface area contributed by atoms with Gasteiger partial charge in [-0.3, -0.25) is 4.79 Å². The molecule has 1 saturated heterocycles. The van der Waals surface area contributed by atoms with Crippen molar-refractivity contribution in [2.24, 2.45) is 0 Å². The van der Waals surface area contributed by atoms with Gasteiger partial charge in [0.25, 0.3) is 5.91 Å². The van der Waals surface area contributed by atoms with Crippen molar-refractivity contribution < 1.29 is 9.18 Å². The molecule has 1 aliphatic rings. The number of benzene rings is 1. The fourth-order valence-electron chi connectivity index (χ4n) is 2.61. The summed E-state index contributed by atoms with van der Waals surface area (Å²) < 4.78 is 18.4. The number of carbonyl (C=O) groups is 1. The molecule has 25 heavy (non-hydrogen) atoms. The zero-order valence-electron chi connectivity index (χ0n) is 14.4. The number of piperazine rings is 1. The number of hydrogen-bond acceptors (Lipinski definition) is 5. The number of anilines is 1. The van der Waals surface area contributed by atoms with E-state index in [0.29, 0.717) is 26.2 Å². The van der Waals surface area contributed by atoms with Gasteiger partial charge in [0.1, 0.15) is 11.6 Å². The number of halogens is 2. The molecule has 2 aromatic rings. The van der Waals surface area contributed by atoms with E-state index in [2.05, 4.69) is 35.0 Å². The molecule has 0 spiro atoms. The van der Waals surface area contributed by atoms with E-state index in [-0.39, 0.29) is 21.9 Å². The summed E-state index contributed by atoms with van der Waals surface area (Å²) in [6, 6.07) is 4.28. The third-order valence-electron chi connectivity index (χ3n) is 4.10. The average Bonchev–Trinajstić information content (AvgIpc) is 3.05. The van der Waals surface area contributed by atoms with Crippen LogP contribution in [0.1, 0.15) is 37.0 Å². The smallest absolute Gasteiger partial charge is 0.258 e. The van der Waals surface area contributed by atoms with Gasteiger partial charge >= 0.3 is 0 Å². The summed E-state index contributed by atoms with van der Waals surface area (Å²) in [7, 11) is 0. The van der Waals surface area contributed by atoms with Crippen molar-refractivity contribution in [1.29, 1.82) is 0 Å². The van der Waals surface area contributed by atoms with Crippen molar-refractivity contribution >= 4 is 34.2 Å². The second kappa shape index (κ2) is 6.88. The molecule has 3 rings (SSSR count). The average molecular weight is 383 g/mol. The third-order valence-corrected chi connectivity index (χ3v) is 5.19. The molecule has 1 aromatic carbocycles. The lowest BCUT2D eigenvalue weighted by Crippen LogP contribution is -2.49. The Labute approximate surface area is 155 Å². The quantitative estimate of drug-likeness (QED) is 0.796. The summed E-state index contributed by atoms with van der Waals surface area (Å²) >= 11 is 7.37. The van der Waals surface area contributed by atoms with Crippen LogP contribution < -0.4 is 4.90 Å². The Hall–Kier alpha value is -1.73. The van der Waals surface area contributed by atoms with Crippen molar-refractivity contribution in [3.05, 3.63) is 40.4 Å². The Morgan fingerprint density at radius 3 is 2.48 bits per heavy atom. The lowest BCUT2D eigenvalue weighted by atomic mass is 9.96. The van der Waals surface area contributed by atoms with E-state index in [4.69, 9.17) is 11.6 Å². The normalized spacial score (nSPS) is 15.6. The van der Waals surface area contributed by atoms with E-state index >= 15 is 0 Å². The van der Waals surface area contributed by atoms with Crippen molar-refractivity contribution in [3.8, 4) is 0 Å². The SMILES string of the molecule is CC(C)(C)c1nsc(N2CCN(C(=O)c3c(F)cccc3Cl)CC2)n1. The minimum Gasteiger partial charge on any atom is -0.343 e. The van der Waals surface area contributed by atoms with Crippen LogP contribution in [0.4, 0.5) is 9.52 Å². The highest BCUT2D eigenvalue weighted by molar-refractivity contribution is 7.09. The number of aromatic nitrogens is 2. The van der Waals surface area contributed by atoms with E-state index in [0.717, 1.165) is 11.0 Å². The highest BCUT2D eigenvalue weighted by atomic mass is 35.5. The zero-order valence-corrected chi connectivity index (χ0v) is 16.0. The zero-order chi connectivity index (χ0) is 18.2. The summed E-state index contributed by atoms with van der Waals surface area (Å²) in [4.78, 5) is 20.9. The second-order valence-corrected chi connectivity index (χ2v) is 8.16. The maximum Gasteiger partial charge on any atom is 0.258 e. The van der Waals surface area contributed by atoms with Gasteiger partial charge in [-0.2, -0.15) is 4.37 Å². The highest BCUT2D eigenvalue weighted by Gasteiger charge is 2.28. The van der Waals surface area contributed by atoms with Crippen LogP contribution in [0.25, 0.3) is 0 Å². The molecular formula is C17H20ClFN4OS. The number of carbonyl (C=O) groups excluding carboxylic acids is 1. The number of rotatable bonds is 2. The first kappa shape index (κ1) is 18.1. The maximum atomic E-state index is 14.0. The van der Waals surface area contributed by atoms with E-state index < -0.39 is 5.82 Å². The van der Waals surface area contributed by atoms with Crippen LogP contribution in [0.15, 0.2) is 18.2 Å². The van der Waals surface area contributed by atoms with Gasteiger partial charge in [0.2, 0.25) is 5.13 Å². The largest absolute Gasteiger partial charge is 0.343 e. The minimum absolute atomic E-state index is 0.0523. The van der Waals surface area contributed by atoms with Crippen molar-refractivity contribution in [2.45, 2.75) is 26.2 Å². The summed E-state index contributed by atoms with van der Waals surface area (Å²) in [5, 5.41) is 1.01.